The molecule has 3 aromatic carbocycles. The number of amides is 4. The highest BCUT2D eigenvalue weighted by Gasteiger charge is 2.76. The van der Waals surface area contributed by atoms with Gasteiger partial charge >= 0.3 is 0 Å². The van der Waals surface area contributed by atoms with E-state index < -0.39 is 51.1 Å². The van der Waals surface area contributed by atoms with Gasteiger partial charge in [0.1, 0.15) is 5.82 Å². The molecule has 0 radical (unpaired) electrons. The Morgan fingerprint density at radius 3 is 2.34 bits per heavy atom. The van der Waals surface area contributed by atoms with Crippen molar-refractivity contribution in [2.45, 2.75) is 48.0 Å². The van der Waals surface area contributed by atoms with Gasteiger partial charge in [0.2, 0.25) is 11.8 Å². The molecule has 4 fully saturated rings. The molecule has 8 rings (SSSR count). The van der Waals surface area contributed by atoms with E-state index in [9.17, 15) is 28.7 Å². The van der Waals surface area contributed by atoms with Crippen LogP contribution in [0.4, 0.5) is 10.1 Å². The Hall–Kier alpha value is -4.51. The van der Waals surface area contributed by atoms with Gasteiger partial charge in [-0.3, -0.25) is 29.0 Å². The fourth-order valence-corrected chi connectivity index (χ4v) is 10.1. The number of alkyl halides is 2. The van der Waals surface area contributed by atoms with E-state index >= 15 is 0 Å². The minimum atomic E-state index is -2.02. The Morgan fingerprint density at radius 1 is 0.925 bits per heavy atom. The van der Waals surface area contributed by atoms with Crippen molar-refractivity contribution in [2.24, 2.45) is 23.7 Å². The van der Waals surface area contributed by atoms with Gasteiger partial charge in [-0.2, -0.15) is 0 Å². The maximum Gasteiger partial charge on any atom is 0.258 e. The number of phenols is 1. The van der Waals surface area contributed by atoms with Gasteiger partial charge in [-0.05, 0) is 79.1 Å². The monoisotopic (exact) mass is 757 g/mol. The van der Waals surface area contributed by atoms with Crippen LogP contribution in [-0.4, -0.2) is 74.5 Å². The molecule has 6 atom stereocenters. The number of nitrogens with zero attached hydrogens (tertiary/aromatic N) is 3. The molecular formula is C41H38Cl2FN3O6. The largest absolute Gasteiger partial charge is 0.504 e. The van der Waals surface area contributed by atoms with Crippen LogP contribution in [-0.2, 0) is 25.7 Å². The summed E-state index contributed by atoms with van der Waals surface area (Å²) in [4.78, 5) is 58.3. The number of halogens is 3. The molecule has 0 bridgehead atoms. The number of phenolic OH excluding ortho intramolecular Hbond substituents is 1. The Morgan fingerprint density at radius 2 is 1.64 bits per heavy atom. The molecule has 3 heterocycles. The minimum Gasteiger partial charge on any atom is -0.504 e. The molecule has 4 amide bonds. The molecule has 1 saturated carbocycles. The second-order valence-corrected chi connectivity index (χ2v) is 15.9. The average Bonchev–Trinajstić information content (AvgIpc) is 3.50. The van der Waals surface area contributed by atoms with Crippen molar-refractivity contribution in [3.8, 4) is 11.5 Å². The van der Waals surface area contributed by atoms with E-state index in [4.69, 9.17) is 27.9 Å². The van der Waals surface area contributed by atoms with Crippen molar-refractivity contribution in [3.05, 3.63) is 107 Å². The molecule has 274 valence electrons. The fourth-order valence-electron chi connectivity index (χ4n) is 9.21. The number of carbonyl (C=O) groups is 4. The summed E-state index contributed by atoms with van der Waals surface area (Å²) in [5, 5.41) is 10.2. The third kappa shape index (κ3) is 5.60. The molecule has 3 saturated heterocycles. The maximum absolute atomic E-state index is 14.5. The van der Waals surface area contributed by atoms with Crippen LogP contribution in [0, 0.1) is 29.5 Å². The first-order valence-electron chi connectivity index (χ1n) is 17.9. The maximum atomic E-state index is 14.5. The Kier molecular flexibility index (Phi) is 8.99. The first-order valence-corrected chi connectivity index (χ1v) is 18.6. The van der Waals surface area contributed by atoms with Crippen LogP contribution in [0.25, 0.3) is 6.08 Å². The number of hydrogen-bond donors (Lipinski definition) is 1. The number of fused-ring (bicyclic) bond motifs is 4. The van der Waals surface area contributed by atoms with Gasteiger partial charge in [-0.25, -0.2) is 9.29 Å². The Bertz CT molecular complexity index is 2050. The number of piperidine rings is 1. The number of carbonyl (C=O) groups excluding carboxylic acids is 4. The van der Waals surface area contributed by atoms with E-state index in [1.165, 1.54) is 35.8 Å². The summed E-state index contributed by atoms with van der Waals surface area (Å²) in [6.45, 7) is 2.27. The number of aromatic hydroxyl groups is 1. The normalized spacial score (nSPS) is 30.5. The lowest BCUT2D eigenvalue weighted by Gasteiger charge is -2.49. The molecule has 1 N–H and O–H groups in total. The van der Waals surface area contributed by atoms with Gasteiger partial charge in [0.15, 0.2) is 21.2 Å². The average molecular weight is 759 g/mol. The quantitative estimate of drug-likeness (QED) is 0.171. The molecule has 3 aromatic rings. The van der Waals surface area contributed by atoms with E-state index in [0.717, 1.165) is 36.7 Å². The number of rotatable bonds is 7. The minimum absolute atomic E-state index is 0.0562. The van der Waals surface area contributed by atoms with Gasteiger partial charge in [0.05, 0.1) is 24.6 Å². The zero-order valence-corrected chi connectivity index (χ0v) is 30.5. The lowest BCUT2D eigenvalue weighted by atomic mass is 9.57. The summed E-state index contributed by atoms with van der Waals surface area (Å²) in [6.07, 6.45) is 6.74. The highest BCUT2D eigenvalue weighted by molar-refractivity contribution is 6.58. The van der Waals surface area contributed by atoms with Crippen LogP contribution in [0.1, 0.15) is 36.8 Å². The second kappa shape index (κ2) is 13.4. The van der Waals surface area contributed by atoms with Crippen LogP contribution >= 0.6 is 23.2 Å². The van der Waals surface area contributed by atoms with Gasteiger partial charge in [0.25, 0.3) is 11.8 Å². The van der Waals surface area contributed by atoms with E-state index in [2.05, 4.69) is 17.0 Å². The molecule has 5 aliphatic rings. The third-order valence-electron chi connectivity index (χ3n) is 11.8. The van der Waals surface area contributed by atoms with E-state index in [1.54, 1.807) is 24.3 Å². The van der Waals surface area contributed by atoms with Crippen molar-refractivity contribution in [1.82, 2.24) is 9.80 Å². The molecule has 3 aliphatic heterocycles. The smallest absolute Gasteiger partial charge is 0.258 e. The van der Waals surface area contributed by atoms with Crippen LogP contribution in [0.2, 0.25) is 0 Å². The molecule has 0 aromatic heterocycles. The number of hydrogen-bond acceptors (Lipinski definition) is 7. The summed E-state index contributed by atoms with van der Waals surface area (Å²) in [6, 6.07) is 19.6. The lowest BCUT2D eigenvalue weighted by Crippen LogP contribution is -2.60. The second-order valence-electron chi connectivity index (χ2n) is 14.6. The summed E-state index contributed by atoms with van der Waals surface area (Å²) >= 11 is 14.9. The van der Waals surface area contributed by atoms with E-state index in [0.29, 0.717) is 24.0 Å². The van der Waals surface area contributed by atoms with Crippen molar-refractivity contribution in [2.75, 3.05) is 25.1 Å². The van der Waals surface area contributed by atoms with E-state index in [-0.39, 0.29) is 47.9 Å². The molecule has 6 unspecified atom stereocenters. The third-order valence-corrected chi connectivity index (χ3v) is 13.3. The van der Waals surface area contributed by atoms with Crippen LogP contribution in [0.15, 0.2) is 90.5 Å². The first-order chi connectivity index (χ1) is 25.5. The van der Waals surface area contributed by atoms with Crippen LogP contribution in [0.5, 0.6) is 11.5 Å². The summed E-state index contributed by atoms with van der Waals surface area (Å²) < 4.78 is 19.2. The zero-order chi connectivity index (χ0) is 37.2. The van der Waals surface area contributed by atoms with E-state index in [1.807, 2.05) is 24.3 Å². The molecule has 0 spiro atoms. The highest BCUT2D eigenvalue weighted by atomic mass is 35.5. The van der Waals surface area contributed by atoms with Crippen molar-refractivity contribution in [3.63, 3.8) is 0 Å². The number of anilines is 1. The molecule has 12 heteroatoms. The summed E-state index contributed by atoms with van der Waals surface area (Å²) in [5.41, 5.74) is 2.61. The van der Waals surface area contributed by atoms with Crippen LogP contribution in [0.3, 0.4) is 0 Å². The van der Waals surface area contributed by atoms with Gasteiger partial charge < -0.3 is 9.84 Å². The Balaban J connectivity index is 1.13. The van der Waals surface area contributed by atoms with Crippen molar-refractivity contribution < 1.29 is 33.4 Å². The number of methoxy groups -OCH3 is 1. The van der Waals surface area contributed by atoms with Crippen LogP contribution < -0.4 is 9.64 Å². The SMILES string of the molecule is COc1cc(C=CC2C3=CCC4C(=O)N(C5CCN(Cc6ccccc6)CC5)C(=O)C4C3CC3(Cl)C(=O)N(c4ccc(F)cc4)C(=O)C23Cl)ccc1O. The van der Waals surface area contributed by atoms with Crippen molar-refractivity contribution in [1.29, 1.82) is 0 Å². The van der Waals surface area contributed by atoms with Gasteiger partial charge in [-0.1, -0.05) is 60.2 Å². The number of likely N-dealkylation sites (tertiary alicyclic amines) is 2. The molecule has 9 nitrogen and oxygen atoms in total. The van der Waals surface area contributed by atoms with Crippen molar-refractivity contribution >= 4 is 58.6 Å². The first kappa shape index (κ1) is 35.5. The predicted octanol–water partition coefficient (Wildman–Crippen LogP) is 6.31. The van der Waals surface area contributed by atoms with Gasteiger partial charge in [0, 0.05) is 31.6 Å². The highest BCUT2D eigenvalue weighted by Crippen LogP contribution is 2.63. The standard InChI is InChI=1S/C41H38Cl2FN3O6/c1-53-34-21-24(8-16-33(34)48)7-15-32-29-13-14-30-35(37(50)46(36(30)49)28-17-19-45(20-18-28)23-25-5-3-2-4-6-25)31(29)22-40(42)38(51)47(39(52)41(32,40)43)27-11-9-26(44)10-12-27/h2-13,15-16,21,28,30-32,35,48H,14,17-20,22-23H2,1H3. The number of benzene rings is 3. The molecule has 2 aliphatic carbocycles. The zero-order valence-electron chi connectivity index (χ0n) is 29.0. The summed E-state index contributed by atoms with van der Waals surface area (Å²) in [7, 11) is 1.43. The topological polar surface area (TPSA) is 107 Å². The molecular weight excluding hydrogens is 720 g/mol. The number of ether oxygens (including phenoxy) is 1. The van der Waals surface area contributed by atoms with Gasteiger partial charge in [-0.15, -0.1) is 23.2 Å². The lowest BCUT2D eigenvalue weighted by molar-refractivity contribution is -0.144. The predicted molar refractivity (Wildman–Crippen MR) is 198 cm³/mol. The Labute approximate surface area is 316 Å². The number of allylic oxidation sites excluding steroid dienone is 3. The fraction of sp³-hybridized carbons (Fsp3) is 0.366. The summed E-state index contributed by atoms with van der Waals surface area (Å²) in [5.74, 6) is -5.44. The number of imide groups is 2. The molecule has 53 heavy (non-hydrogen) atoms.